The molecule has 1 saturated carbocycles. The molecule has 2 fully saturated rings. The van der Waals surface area contributed by atoms with E-state index in [1.54, 1.807) is 11.3 Å². The lowest BCUT2D eigenvalue weighted by molar-refractivity contribution is -0.132. The van der Waals surface area contributed by atoms with Gasteiger partial charge in [-0.25, -0.2) is 4.98 Å². The summed E-state index contributed by atoms with van der Waals surface area (Å²) >= 11 is 1.70. The second kappa shape index (κ2) is 6.20. The lowest BCUT2D eigenvalue weighted by Crippen LogP contribution is -2.36. The third-order valence-electron chi connectivity index (χ3n) is 4.95. The Morgan fingerprint density at radius 3 is 2.88 bits per heavy atom. The van der Waals surface area contributed by atoms with Crippen molar-refractivity contribution in [2.75, 3.05) is 31.1 Å². The van der Waals surface area contributed by atoms with Crippen molar-refractivity contribution in [1.82, 2.24) is 19.7 Å². The van der Waals surface area contributed by atoms with Crippen LogP contribution in [0.3, 0.4) is 0 Å². The third kappa shape index (κ3) is 3.05. The summed E-state index contributed by atoms with van der Waals surface area (Å²) in [5.74, 6) is 0.844. The van der Waals surface area contributed by atoms with Crippen LogP contribution in [0.25, 0.3) is 0 Å². The summed E-state index contributed by atoms with van der Waals surface area (Å²) in [5, 5.41) is 7.40. The van der Waals surface area contributed by atoms with Crippen LogP contribution < -0.4 is 4.90 Å². The number of hydrogen-bond donors (Lipinski definition) is 0. The topological polar surface area (TPSA) is 54.3 Å². The smallest absolute Gasteiger partial charge is 0.226 e. The lowest BCUT2D eigenvalue weighted by Gasteiger charge is -2.22. The predicted molar refractivity (Wildman–Crippen MR) is 94.3 cm³/mol. The van der Waals surface area contributed by atoms with Crippen LogP contribution in [0.15, 0.2) is 17.8 Å². The zero-order valence-corrected chi connectivity index (χ0v) is 15.0. The van der Waals surface area contributed by atoms with Gasteiger partial charge >= 0.3 is 0 Å². The molecule has 128 valence electrons. The van der Waals surface area contributed by atoms with E-state index in [-0.39, 0.29) is 5.92 Å². The Morgan fingerprint density at radius 1 is 1.29 bits per heavy atom. The quantitative estimate of drug-likeness (QED) is 0.854. The Balaban J connectivity index is 1.36. The number of amides is 1. The van der Waals surface area contributed by atoms with Crippen LogP contribution in [0.1, 0.15) is 30.0 Å². The highest BCUT2D eigenvalue weighted by atomic mass is 32.1. The van der Waals surface area contributed by atoms with Crippen LogP contribution in [0.4, 0.5) is 5.13 Å². The number of nitrogens with zero attached hydrogens (tertiary/aromatic N) is 5. The number of aryl methyl sites for hydroxylation is 2. The zero-order chi connectivity index (χ0) is 16.7. The summed E-state index contributed by atoms with van der Waals surface area (Å²) in [7, 11) is 1.92. The minimum absolute atomic E-state index is 0.155. The molecule has 2 atom stereocenters. The van der Waals surface area contributed by atoms with Crippen molar-refractivity contribution >= 4 is 22.4 Å². The predicted octanol–water partition coefficient (Wildman–Crippen LogP) is 2.03. The Labute approximate surface area is 146 Å². The van der Waals surface area contributed by atoms with E-state index in [1.807, 2.05) is 31.0 Å². The molecule has 4 rings (SSSR count). The first-order chi connectivity index (χ1) is 11.6. The first kappa shape index (κ1) is 15.6. The average molecular weight is 345 g/mol. The minimum Gasteiger partial charge on any atom is -0.346 e. The molecule has 0 radical (unpaired) electrons. The van der Waals surface area contributed by atoms with Crippen molar-refractivity contribution in [3.63, 3.8) is 0 Å². The van der Waals surface area contributed by atoms with E-state index in [1.165, 1.54) is 5.56 Å². The number of carbonyl (C=O) groups is 1. The van der Waals surface area contributed by atoms with Gasteiger partial charge in [-0.3, -0.25) is 9.48 Å². The highest BCUT2D eigenvalue weighted by molar-refractivity contribution is 7.13. The van der Waals surface area contributed by atoms with Gasteiger partial charge in [0.05, 0.1) is 11.9 Å². The van der Waals surface area contributed by atoms with Gasteiger partial charge in [0, 0.05) is 50.7 Å². The number of aromatic nitrogens is 3. The second-order valence-electron chi connectivity index (χ2n) is 6.83. The maximum absolute atomic E-state index is 12.8. The molecule has 3 heterocycles. The third-order valence-corrected chi connectivity index (χ3v) is 5.96. The summed E-state index contributed by atoms with van der Waals surface area (Å²) < 4.78 is 1.81. The molecule has 0 bridgehead atoms. The van der Waals surface area contributed by atoms with Gasteiger partial charge in [-0.15, -0.1) is 11.3 Å². The van der Waals surface area contributed by atoms with Gasteiger partial charge in [-0.1, -0.05) is 0 Å². The van der Waals surface area contributed by atoms with Crippen molar-refractivity contribution in [3.8, 4) is 0 Å². The van der Waals surface area contributed by atoms with Crippen molar-refractivity contribution in [1.29, 1.82) is 0 Å². The number of rotatable bonds is 3. The van der Waals surface area contributed by atoms with Gasteiger partial charge in [0.1, 0.15) is 0 Å². The summed E-state index contributed by atoms with van der Waals surface area (Å²) in [6.45, 7) is 5.54. The number of thiazole rings is 1. The fourth-order valence-corrected chi connectivity index (χ4v) is 4.38. The van der Waals surface area contributed by atoms with E-state index in [0.29, 0.717) is 11.8 Å². The lowest BCUT2D eigenvalue weighted by atomic mass is 10.2. The summed E-state index contributed by atoms with van der Waals surface area (Å²) in [6, 6.07) is 0. The number of hydrogen-bond acceptors (Lipinski definition) is 5. The van der Waals surface area contributed by atoms with Crippen molar-refractivity contribution in [2.24, 2.45) is 13.0 Å². The van der Waals surface area contributed by atoms with Crippen LogP contribution in [0.2, 0.25) is 0 Å². The molecule has 1 amide bonds. The highest BCUT2D eigenvalue weighted by Gasteiger charge is 2.46. The first-order valence-electron chi connectivity index (χ1n) is 8.56. The Kier molecular flexibility index (Phi) is 4.04. The Hall–Kier alpha value is -1.89. The molecule has 1 aliphatic heterocycles. The molecule has 0 N–H and O–H groups in total. The van der Waals surface area contributed by atoms with Gasteiger partial charge in [0.2, 0.25) is 5.91 Å². The zero-order valence-electron chi connectivity index (χ0n) is 14.2. The minimum atomic E-state index is 0.155. The second-order valence-corrected chi connectivity index (χ2v) is 7.67. The van der Waals surface area contributed by atoms with Gasteiger partial charge in [-0.05, 0) is 31.2 Å². The maximum atomic E-state index is 12.8. The molecule has 7 heteroatoms. The summed E-state index contributed by atoms with van der Waals surface area (Å²) in [6.07, 6.45) is 5.91. The van der Waals surface area contributed by atoms with Crippen molar-refractivity contribution in [2.45, 2.75) is 25.7 Å². The van der Waals surface area contributed by atoms with Gasteiger partial charge in [0.15, 0.2) is 5.13 Å². The van der Waals surface area contributed by atoms with Crippen molar-refractivity contribution < 1.29 is 4.79 Å². The van der Waals surface area contributed by atoms with Crippen LogP contribution >= 0.6 is 11.3 Å². The molecule has 1 saturated heterocycles. The van der Waals surface area contributed by atoms with Crippen LogP contribution in [-0.2, 0) is 11.8 Å². The molecule has 0 spiro atoms. The number of anilines is 1. The molecule has 1 aliphatic carbocycles. The van der Waals surface area contributed by atoms with Crippen LogP contribution in [0.5, 0.6) is 0 Å². The van der Waals surface area contributed by atoms with E-state index >= 15 is 0 Å². The van der Waals surface area contributed by atoms with E-state index in [0.717, 1.165) is 49.8 Å². The van der Waals surface area contributed by atoms with Crippen LogP contribution in [0, 0.1) is 12.8 Å². The average Bonchev–Trinajstić information content (AvgIpc) is 3.17. The molecule has 0 aromatic carbocycles. The number of carbonyl (C=O) groups excluding carboxylic acids is 1. The standard InChI is InChI=1S/C17H23N5OS/c1-12-11-24-17(19-12)22-5-3-4-21(6-7-22)16(23)15-8-14(15)13-9-18-20(2)10-13/h9-11,14-15H,3-8H2,1-2H3/t14-,15-/m0/s1. The van der Waals surface area contributed by atoms with Gasteiger partial charge in [0.25, 0.3) is 0 Å². The molecular formula is C17H23N5OS. The maximum Gasteiger partial charge on any atom is 0.226 e. The van der Waals surface area contributed by atoms with Crippen LogP contribution in [-0.4, -0.2) is 51.8 Å². The fourth-order valence-electron chi connectivity index (χ4n) is 3.52. The Morgan fingerprint density at radius 2 is 2.17 bits per heavy atom. The first-order valence-corrected chi connectivity index (χ1v) is 9.44. The molecule has 2 aromatic rings. The molecule has 0 unspecified atom stereocenters. The SMILES string of the molecule is Cc1csc(N2CCCN(C(=O)[C@H]3C[C@H]3c3cnn(C)c3)CC2)n1. The van der Waals surface area contributed by atoms with E-state index in [4.69, 9.17) is 0 Å². The monoisotopic (exact) mass is 345 g/mol. The molecule has 2 aliphatic rings. The van der Waals surface area contributed by atoms with Crippen molar-refractivity contribution in [3.05, 3.63) is 29.0 Å². The van der Waals surface area contributed by atoms with E-state index in [2.05, 4.69) is 25.3 Å². The fraction of sp³-hybridized carbons (Fsp3) is 0.588. The molecular weight excluding hydrogens is 322 g/mol. The van der Waals surface area contributed by atoms with E-state index < -0.39 is 0 Å². The highest BCUT2D eigenvalue weighted by Crippen LogP contribution is 2.48. The molecule has 2 aromatic heterocycles. The summed E-state index contributed by atoms with van der Waals surface area (Å²) in [4.78, 5) is 21.8. The largest absolute Gasteiger partial charge is 0.346 e. The Bertz CT molecular complexity index is 739. The summed E-state index contributed by atoms with van der Waals surface area (Å²) in [5.41, 5.74) is 2.27. The normalized spacial score (nSPS) is 24.1. The van der Waals surface area contributed by atoms with E-state index in [9.17, 15) is 4.79 Å². The molecule has 24 heavy (non-hydrogen) atoms. The van der Waals surface area contributed by atoms with Gasteiger partial charge < -0.3 is 9.80 Å². The molecule has 6 nitrogen and oxygen atoms in total. The van der Waals surface area contributed by atoms with Gasteiger partial charge in [-0.2, -0.15) is 5.10 Å².